The van der Waals surface area contributed by atoms with Gasteiger partial charge in [-0.3, -0.25) is 14.9 Å². The fourth-order valence-electron chi connectivity index (χ4n) is 2.53. The molecular weight excluding hydrogens is 294 g/mol. The van der Waals surface area contributed by atoms with Gasteiger partial charge in [-0.15, -0.1) is 12.4 Å². The summed E-state index contributed by atoms with van der Waals surface area (Å²) in [6.07, 6.45) is 1.88. The van der Waals surface area contributed by atoms with Crippen LogP contribution in [0.1, 0.15) is 18.4 Å². The molecule has 1 amide bonds. The van der Waals surface area contributed by atoms with Crippen LogP contribution in [0.3, 0.4) is 0 Å². The number of nitro benzene ring substituents is 1. The molecule has 1 aromatic rings. The zero-order valence-electron chi connectivity index (χ0n) is 11.9. The second-order valence-corrected chi connectivity index (χ2v) is 5.12. The topological polar surface area (TPSA) is 75.5 Å². The number of halogens is 1. The lowest BCUT2D eigenvalue weighted by atomic mass is 9.98. The van der Waals surface area contributed by atoms with Crippen LogP contribution < -0.4 is 5.32 Å². The highest BCUT2D eigenvalue weighted by Crippen LogP contribution is 2.20. The summed E-state index contributed by atoms with van der Waals surface area (Å²) in [5, 5.41) is 14.2. The quantitative estimate of drug-likeness (QED) is 0.681. The molecule has 1 aromatic carbocycles. The summed E-state index contributed by atoms with van der Waals surface area (Å²) in [6.45, 7) is 1.92. The Morgan fingerprint density at radius 1 is 1.48 bits per heavy atom. The van der Waals surface area contributed by atoms with Gasteiger partial charge in [-0.05, 0) is 19.4 Å². The van der Waals surface area contributed by atoms with Gasteiger partial charge in [-0.2, -0.15) is 0 Å². The summed E-state index contributed by atoms with van der Waals surface area (Å²) in [7, 11) is 1.70. The summed E-state index contributed by atoms with van der Waals surface area (Å²) < 4.78 is 0. The van der Waals surface area contributed by atoms with E-state index in [1.807, 2.05) is 0 Å². The average molecular weight is 314 g/mol. The van der Waals surface area contributed by atoms with E-state index in [1.165, 1.54) is 6.07 Å². The number of piperidine rings is 1. The average Bonchev–Trinajstić information content (AvgIpc) is 2.47. The molecule has 0 radical (unpaired) electrons. The Morgan fingerprint density at radius 3 is 2.81 bits per heavy atom. The SMILES string of the molecule is CN(Cc1ccccc1[N+](=O)[O-])C(=O)C1CCCNC1.Cl. The number of para-hydroxylation sites is 1. The van der Waals surface area contributed by atoms with Crippen LogP contribution in [0.25, 0.3) is 0 Å². The molecule has 0 saturated carbocycles. The first-order chi connectivity index (χ1) is 9.59. The van der Waals surface area contributed by atoms with Crippen molar-refractivity contribution in [2.75, 3.05) is 20.1 Å². The van der Waals surface area contributed by atoms with E-state index in [-0.39, 0.29) is 36.5 Å². The van der Waals surface area contributed by atoms with Crippen molar-refractivity contribution in [3.63, 3.8) is 0 Å². The lowest BCUT2D eigenvalue weighted by molar-refractivity contribution is -0.385. The predicted octanol–water partition coefficient (Wildman–Crippen LogP) is 1.97. The van der Waals surface area contributed by atoms with Gasteiger partial charge in [0.15, 0.2) is 0 Å². The summed E-state index contributed by atoms with van der Waals surface area (Å²) in [5.74, 6) is 0.0341. The molecule has 7 heteroatoms. The number of rotatable bonds is 4. The number of nitrogens with zero attached hydrogens (tertiary/aromatic N) is 2. The lowest BCUT2D eigenvalue weighted by Crippen LogP contribution is -2.41. The Hall–Kier alpha value is -1.66. The molecule has 0 bridgehead atoms. The number of nitrogens with one attached hydrogen (secondary N) is 1. The first-order valence-electron chi connectivity index (χ1n) is 6.77. The lowest BCUT2D eigenvalue weighted by Gasteiger charge is -2.27. The van der Waals surface area contributed by atoms with Gasteiger partial charge in [0, 0.05) is 25.2 Å². The van der Waals surface area contributed by atoms with Gasteiger partial charge in [0.1, 0.15) is 0 Å². The second-order valence-electron chi connectivity index (χ2n) is 5.12. The minimum atomic E-state index is -0.407. The molecule has 1 fully saturated rings. The molecule has 1 heterocycles. The maximum Gasteiger partial charge on any atom is 0.274 e. The van der Waals surface area contributed by atoms with Crippen LogP contribution in [0, 0.1) is 16.0 Å². The molecule has 1 unspecified atom stereocenters. The number of hydrogen-bond donors (Lipinski definition) is 1. The normalized spacial score (nSPS) is 17.7. The first kappa shape index (κ1) is 17.4. The summed E-state index contributed by atoms with van der Waals surface area (Å²) >= 11 is 0. The van der Waals surface area contributed by atoms with Gasteiger partial charge in [0.25, 0.3) is 5.69 Å². The molecule has 0 aromatic heterocycles. The van der Waals surface area contributed by atoms with Gasteiger partial charge < -0.3 is 10.2 Å². The fourth-order valence-corrected chi connectivity index (χ4v) is 2.53. The van der Waals surface area contributed by atoms with Crippen LogP contribution in [-0.4, -0.2) is 35.9 Å². The van der Waals surface area contributed by atoms with Crippen LogP contribution in [0.5, 0.6) is 0 Å². The van der Waals surface area contributed by atoms with Crippen LogP contribution in [0.4, 0.5) is 5.69 Å². The van der Waals surface area contributed by atoms with E-state index in [1.54, 1.807) is 30.1 Å². The Balaban J connectivity index is 0.00000220. The number of hydrogen-bond acceptors (Lipinski definition) is 4. The molecule has 21 heavy (non-hydrogen) atoms. The zero-order valence-corrected chi connectivity index (χ0v) is 12.8. The van der Waals surface area contributed by atoms with Crippen LogP contribution >= 0.6 is 12.4 Å². The smallest absolute Gasteiger partial charge is 0.274 e. The number of amides is 1. The Morgan fingerprint density at radius 2 is 2.19 bits per heavy atom. The molecule has 0 aliphatic carbocycles. The van der Waals surface area contributed by atoms with Crippen molar-refractivity contribution < 1.29 is 9.72 Å². The van der Waals surface area contributed by atoms with Gasteiger partial charge in [-0.1, -0.05) is 18.2 Å². The monoisotopic (exact) mass is 313 g/mol. The summed E-state index contributed by atoms with van der Waals surface area (Å²) in [4.78, 5) is 24.4. The molecule has 116 valence electrons. The Kier molecular flexibility index (Phi) is 6.58. The van der Waals surface area contributed by atoms with Crippen LogP contribution in [0.2, 0.25) is 0 Å². The van der Waals surface area contributed by atoms with Crippen molar-refractivity contribution in [1.29, 1.82) is 0 Å². The highest BCUT2D eigenvalue weighted by atomic mass is 35.5. The van der Waals surface area contributed by atoms with Crippen molar-refractivity contribution >= 4 is 24.0 Å². The zero-order chi connectivity index (χ0) is 14.5. The Labute approximate surface area is 130 Å². The van der Waals surface area contributed by atoms with Gasteiger partial charge in [0.05, 0.1) is 17.4 Å². The molecule has 1 aliphatic heterocycles. The van der Waals surface area contributed by atoms with E-state index >= 15 is 0 Å². The molecule has 6 nitrogen and oxygen atoms in total. The summed E-state index contributed by atoms with van der Waals surface area (Å²) in [5.41, 5.74) is 0.631. The third kappa shape index (κ3) is 4.41. The Bertz CT molecular complexity index is 504. The van der Waals surface area contributed by atoms with E-state index in [0.717, 1.165) is 19.4 Å². The van der Waals surface area contributed by atoms with E-state index in [0.29, 0.717) is 12.1 Å². The van der Waals surface area contributed by atoms with Crippen molar-refractivity contribution in [1.82, 2.24) is 10.2 Å². The van der Waals surface area contributed by atoms with Crippen molar-refractivity contribution in [3.8, 4) is 0 Å². The molecule has 1 aliphatic rings. The first-order valence-corrected chi connectivity index (χ1v) is 6.77. The predicted molar refractivity (Wildman–Crippen MR) is 82.4 cm³/mol. The minimum Gasteiger partial charge on any atom is -0.341 e. The highest BCUT2D eigenvalue weighted by molar-refractivity contribution is 5.85. The molecule has 2 rings (SSSR count). The number of benzene rings is 1. The molecular formula is C14H20ClN3O3. The van der Waals surface area contributed by atoms with Gasteiger partial charge >= 0.3 is 0 Å². The van der Waals surface area contributed by atoms with E-state index in [2.05, 4.69) is 5.32 Å². The van der Waals surface area contributed by atoms with Crippen molar-refractivity contribution in [3.05, 3.63) is 39.9 Å². The largest absolute Gasteiger partial charge is 0.341 e. The standard InChI is InChI=1S/C14H19N3O3.ClH/c1-16(14(18)11-6-4-8-15-9-11)10-12-5-2-3-7-13(12)17(19)20;/h2-3,5,7,11,15H,4,6,8-10H2,1H3;1H. The van der Waals surface area contributed by atoms with Gasteiger partial charge in [-0.25, -0.2) is 0 Å². The second kappa shape index (κ2) is 7.95. The highest BCUT2D eigenvalue weighted by Gasteiger charge is 2.25. The van der Waals surface area contributed by atoms with Crippen molar-refractivity contribution in [2.45, 2.75) is 19.4 Å². The molecule has 1 N–H and O–H groups in total. The number of carbonyl (C=O) groups is 1. The molecule has 0 spiro atoms. The molecule has 1 saturated heterocycles. The van der Waals surface area contributed by atoms with Crippen LogP contribution in [-0.2, 0) is 11.3 Å². The van der Waals surface area contributed by atoms with E-state index < -0.39 is 4.92 Å². The van der Waals surface area contributed by atoms with Crippen molar-refractivity contribution in [2.24, 2.45) is 5.92 Å². The van der Waals surface area contributed by atoms with Crippen LogP contribution in [0.15, 0.2) is 24.3 Å². The van der Waals surface area contributed by atoms with E-state index in [4.69, 9.17) is 0 Å². The fraction of sp³-hybridized carbons (Fsp3) is 0.500. The van der Waals surface area contributed by atoms with E-state index in [9.17, 15) is 14.9 Å². The minimum absolute atomic E-state index is 0. The maximum absolute atomic E-state index is 12.3. The summed E-state index contributed by atoms with van der Waals surface area (Å²) in [6, 6.07) is 6.55. The number of nitro groups is 1. The third-order valence-electron chi connectivity index (χ3n) is 3.62. The van der Waals surface area contributed by atoms with Gasteiger partial charge in [0.2, 0.25) is 5.91 Å². The maximum atomic E-state index is 12.3. The number of carbonyl (C=O) groups excluding carboxylic acids is 1. The third-order valence-corrected chi connectivity index (χ3v) is 3.62. The molecule has 1 atom stereocenters.